The Balaban J connectivity index is 2.13. The van der Waals surface area contributed by atoms with Gasteiger partial charge in [0, 0.05) is 25.7 Å². The first-order valence-corrected chi connectivity index (χ1v) is 10.7. The molecule has 2 amide bonds. The van der Waals surface area contributed by atoms with Crippen molar-refractivity contribution < 1.29 is 18.0 Å². The van der Waals surface area contributed by atoms with Gasteiger partial charge in [-0.1, -0.05) is 17.7 Å². The lowest BCUT2D eigenvalue weighted by Gasteiger charge is -2.21. The van der Waals surface area contributed by atoms with Gasteiger partial charge < -0.3 is 10.2 Å². The summed E-state index contributed by atoms with van der Waals surface area (Å²) in [5.41, 5.74) is 1.78. The van der Waals surface area contributed by atoms with Crippen molar-refractivity contribution in [1.82, 2.24) is 10.2 Å². The molecule has 0 bridgehead atoms. The van der Waals surface area contributed by atoms with Crippen LogP contribution in [-0.2, 0) is 14.8 Å². The smallest absolute Gasteiger partial charge is 0.264 e. The fourth-order valence-corrected chi connectivity index (χ4v) is 3.89. The summed E-state index contributed by atoms with van der Waals surface area (Å²) in [6.45, 7) is 5.53. The van der Waals surface area contributed by atoms with Gasteiger partial charge in [0.25, 0.3) is 15.9 Å². The van der Waals surface area contributed by atoms with Crippen LogP contribution in [0.5, 0.6) is 0 Å². The van der Waals surface area contributed by atoms with E-state index in [4.69, 9.17) is 0 Å². The van der Waals surface area contributed by atoms with Crippen LogP contribution >= 0.6 is 0 Å². The summed E-state index contributed by atoms with van der Waals surface area (Å²) in [4.78, 5) is 25.9. The van der Waals surface area contributed by atoms with E-state index in [1.807, 2.05) is 20.8 Å². The predicted octanol–water partition coefficient (Wildman–Crippen LogP) is 2.42. The lowest BCUT2D eigenvalue weighted by atomic mass is 10.2. The molecule has 8 heteroatoms. The second-order valence-electron chi connectivity index (χ2n) is 7.22. The molecule has 0 spiro atoms. The second kappa shape index (κ2) is 9.09. The van der Waals surface area contributed by atoms with Crippen molar-refractivity contribution in [3.63, 3.8) is 0 Å². The first kappa shape index (κ1) is 22.4. The lowest BCUT2D eigenvalue weighted by molar-refractivity contribution is -0.122. The highest BCUT2D eigenvalue weighted by molar-refractivity contribution is 7.92. The maximum Gasteiger partial charge on any atom is 0.264 e. The van der Waals surface area contributed by atoms with Crippen LogP contribution < -0.4 is 9.62 Å². The van der Waals surface area contributed by atoms with Crippen LogP contribution in [0, 0.1) is 6.92 Å². The number of likely N-dealkylation sites (N-methyl/N-ethyl adjacent to an activating group) is 1. The number of aryl methyl sites for hydroxylation is 1. The van der Waals surface area contributed by atoms with Crippen molar-refractivity contribution in [2.75, 3.05) is 24.9 Å². The molecule has 7 nitrogen and oxygen atoms in total. The number of anilines is 1. The average Bonchev–Trinajstić information content (AvgIpc) is 2.66. The number of hydrogen-bond donors (Lipinski definition) is 1. The van der Waals surface area contributed by atoms with Gasteiger partial charge in [-0.15, -0.1) is 0 Å². The molecule has 0 aliphatic heterocycles. The van der Waals surface area contributed by atoms with Gasteiger partial charge >= 0.3 is 0 Å². The molecular weight excluding hydrogens is 390 g/mol. The highest BCUT2D eigenvalue weighted by Crippen LogP contribution is 2.23. The fourth-order valence-electron chi connectivity index (χ4n) is 2.70. The normalized spacial score (nSPS) is 11.2. The molecule has 2 aromatic carbocycles. The summed E-state index contributed by atoms with van der Waals surface area (Å²) in [6.07, 6.45) is 0. The molecule has 0 aromatic heterocycles. The molecule has 2 aromatic rings. The van der Waals surface area contributed by atoms with Crippen LogP contribution in [0.25, 0.3) is 0 Å². The van der Waals surface area contributed by atoms with Crippen molar-refractivity contribution in [3.05, 3.63) is 59.7 Å². The van der Waals surface area contributed by atoms with Gasteiger partial charge in [-0.3, -0.25) is 13.9 Å². The zero-order valence-electron chi connectivity index (χ0n) is 17.3. The van der Waals surface area contributed by atoms with Gasteiger partial charge in [0.1, 0.15) is 0 Å². The van der Waals surface area contributed by atoms with Crippen molar-refractivity contribution >= 4 is 27.5 Å². The van der Waals surface area contributed by atoms with E-state index >= 15 is 0 Å². The van der Waals surface area contributed by atoms with Crippen LogP contribution in [0.1, 0.15) is 29.8 Å². The van der Waals surface area contributed by atoms with Gasteiger partial charge in [-0.2, -0.15) is 0 Å². The quantitative estimate of drug-likeness (QED) is 0.750. The summed E-state index contributed by atoms with van der Waals surface area (Å²) in [5.74, 6) is -0.559. The molecule has 0 aliphatic rings. The Labute approximate surface area is 172 Å². The minimum Gasteiger partial charge on any atom is -0.352 e. The Morgan fingerprint density at radius 1 is 0.966 bits per heavy atom. The predicted molar refractivity (Wildman–Crippen MR) is 113 cm³/mol. The zero-order chi connectivity index (χ0) is 21.8. The highest BCUT2D eigenvalue weighted by Gasteiger charge is 2.22. The van der Waals surface area contributed by atoms with Crippen LogP contribution in [-0.4, -0.2) is 51.8 Å². The number of sulfonamides is 1. The summed E-state index contributed by atoms with van der Waals surface area (Å²) < 4.78 is 26.7. The number of hydrogen-bond acceptors (Lipinski definition) is 4. The molecular formula is C21H27N3O4S. The van der Waals surface area contributed by atoms with E-state index < -0.39 is 10.0 Å². The number of benzene rings is 2. The van der Waals surface area contributed by atoms with Gasteiger partial charge in [-0.05, 0) is 57.2 Å². The molecule has 0 heterocycles. The van der Waals surface area contributed by atoms with E-state index in [0.717, 1.165) is 5.56 Å². The summed E-state index contributed by atoms with van der Waals surface area (Å²) in [7, 11) is -0.688. The van der Waals surface area contributed by atoms with Gasteiger partial charge in [0.15, 0.2) is 0 Å². The molecule has 2 rings (SSSR count). The Morgan fingerprint density at radius 2 is 1.52 bits per heavy atom. The van der Waals surface area contributed by atoms with Crippen molar-refractivity contribution in [2.45, 2.75) is 31.7 Å². The first-order chi connectivity index (χ1) is 13.5. The third-order valence-electron chi connectivity index (χ3n) is 4.33. The Morgan fingerprint density at radius 3 is 2.03 bits per heavy atom. The Bertz CT molecular complexity index is 968. The van der Waals surface area contributed by atoms with Crippen LogP contribution in [0.2, 0.25) is 0 Å². The molecule has 29 heavy (non-hydrogen) atoms. The Hall–Kier alpha value is -2.87. The number of carbonyl (C=O) groups is 2. The monoisotopic (exact) mass is 417 g/mol. The maximum absolute atomic E-state index is 12.8. The number of amides is 2. The maximum atomic E-state index is 12.8. The van der Waals surface area contributed by atoms with Gasteiger partial charge in [0.05, 0.1) is 17.1 Å². The van der Waals surface area contributed by atoms with Gasteiger partial charge in [0.2, 0.25) is 5.91 Å². The largest absolute Gasteiger partial charge is 0.352 e. The molecule has 0 saturated carbocycles. The first-order valence-electron chi connectivity index (χ1n) is 9.23. The molecule has 1 N–H and O–H groups in total. The molecule has 0 atom stereocenters. The summed E-state index contributed by atoms with van der Waals surface area (Å²) >= 11 is 0. The molecule has 0 fully saturated rings. The minimum absolute atomic E-state index is 0.00342. The van der Waals surface area contributed by atoms with Crippen molar-refractivity contribution in [1.29, 1.82) is 0 Å². The second-order valence-corrected chi connectivity index (χ2v) is 9.19. The van der Waals surface area contributed by atoms with Crippen molar-refractivity contribution in [2.24, 2.45) is 0 Å². The standard InChI is InChI=1S/C21H27N3O4S/c1-15(2)22-20(25)14-23(4)21(26)17-8-10-18(11-9-17)24(5)29(27,28)19-12-6-16(3)7-13-19/h6-13,15H,14H2,1-5H3,(H,22,25). The van der Waals surface area contributed by atoms with Gasteiger partial charge in [-0.25, -0.2) is 8.42 Å². The van der Waals surface area contributed by atoms with Crippen LogP contribution in [0.3, 0.4) is 0 Å². The van der Waals surface area contributed by atoms with Crippen LogP contribution in [0.4, 0.5) is 5.69 Å². The summed E-state index contributed by atoms with van der Waals surface area (Å²) in [5, 5.41) is 2.73. The lowest BCUT2D eigenvalue weighted by Crippen LogP contribution is -2.40. The average molecular weight is 418 g/mol. The van der Waals surface area contributed by atoms with E-state index in [0.29, 0.717) is 11.3 Å². The zero-order valence-corrected chi connectivity index (χ0v) is 18.2. The van der Waals surface area contributed by atoms with E-state index in [2.05, 4.69) is 5.32 Å². The van der Waals surface area contributed by atoms with E-state index in [-0.39, 0.29) is 29.3 Å². The van der Waals surface area contributed by atoms with Crippen LogP contribution in [0.15, 0.2) is 53.4 Å². The number of nitrogens with zero attached hydrogens (tertiary/aromatic N) is 2. The Kier molecular flexibility index (Phi) is 7.02. The molecule has 0 aliphatic carbocycles. The molecule has 0 unspecified atom stereocenters. The highest BCUT2D eigenvalue weighted by atomic mass is 32.2. The van der Waals surface area contributed by atoms with E-state index in [1.165, 1.54) is 16.3 Å². The van der Waals surface area contributed by atoms with E-state index in [9.17, 15) is 18.0 Å². The molecule has 0 radical (unpaired) electrons. The number of carbonyl (C=O) groups excluding carboxylic acids is 2. The molecule has 156 valence electrons. The summed E-state index contributed by atoms with van der Waals surface area (Å²) in [6, 6.07) is 12.9. The third-order valence-corrected chi connectivity index (χ3v) is 6.13. The van der Waals surface area contributed by atoms with Crippen molar-refractivity contribution in [3.8, 4) is 0 Å². The minimum atomic E-state index is -3.70. The molecule has 0 saturated heterocycles. The third kappa shape index (κ3) is 5.57. The fraction of sp³-hybridized carbons (Fsp3) is 0.333. The number of nitrogens with one attached hydrogen (secondary N) is 1. The number of rotatable bonds is 7. The topological polar surface area (TPSA) is 86.8 Å². The van der Waals surface area contributed by atoms with E-state index in [1.54, 1.807) is 55.6 Å². The SMILES string of the molecule is Cc1ccc(S(=O)(=O)N(C)c2ccc(C(=O)N(C)CC(=O)NC(C)C)cc2)cc1.